The summed E-state index contributed by atoms with van der Waals surface area (Å²) in [7, 11) is 0. The normalized spacial score (nSPS) is 10.4. The maximum absolute atomic E-state index is 13.4. The zero-order valence-electron chi connectivity index (χ0n) is 7.40. The van der Waals surface area contributed by atoms with Crippen molar-refractivity contribution in [3.63, 3.8) is 0 Å². The van der Waals surface area contributed by atoms with Crippen LogP contribution in [0.5, 0.6) is 0 Å². The molecule has 14 heavy (non-hydrogen) atoms. The van der Waals surface area contributed by atoms with E-state index in [4.69, 9.17) is 5.73 Å². The molecule has 2 rings (SSSR count). The molecular weight excluding hydrogens is 199 g/mol. The van der Waals surface area contributed by atoms with E-state index in [1.54, 1.807) is 23.7 Å². The van der Waals surface area contributed by atoms with Gasteiger partial charge in [-0.05, 0) is 12.1 Å². The van der Waals surface area contributed by atoms with Gasteiger partial charge in [-0.2, -0.15) is 0 Å². The van der Waals surface area contributed by atoms with Crippen molar-refractivity contribution in [3.8, 4) is 11.3 Å². The molecule has 72 valence electrons. The van der Waals surface area contributed by atoms with E-state index in [1.165, 1.54) is 17.4 Å². The van der Waals surface area contributed by atoms with Crippen molar-refractivity contribution in [2.24, 2.45) is 5.73 Å². The topological polar surface area (TPSA) is 38.9 Å². The summed E-state index contributed by atoms with van der Waals surface area (Å²) in [6, 6.07) is 6.59. The van der Waals surface area contributed by atoms with Crippen LogP contribution in [0.15, 0.2) is 29.8 Å². The second-order valence-electron chi connectivity index (χ2n) is 2.81. The molecule has 0 amide bonds. The summed E-state index contributed by atoms with van der Waals surface area (Å²) in [5.41, 5.74) is 8.40. The van der Waals surface area contributed by atoms with Crippen molar-refractivity contribution >= 4 is 11.3 Å². The summed E-state index contributed by atoms with van der Waals surface area (Å²) in [5.74, 6) is -0.256. The van der Waals surface area contributed by atoms with Gasteiger partial charge in [-0.1, -0.05) is 12.1 Å². The molecule has 0 aliphatic heterocycles. The number of nitrogens with two attached hydrogens (primary N) is 1. The number of hydrogen-bond acceptors (Lipinski definition) is 3. The van der Waals surface area contributed by atoms with Gasteiger partial charge in [0.1, 0.15) is 5.82 Å². The number of hydrogen-bond donors (Lipinski definition) is 1. The highest BCUT2D eigenvalue weighted by atomic mass is 32.1. The maximum Gasteiger partial charge on any atom is 0.132 e. The van der Waals surface area contributed by atoms with Crippen molar-refractivity contribution in [2.75, 3.05) is 0 Å². The lowest BCUT2D eigenvalue weighted by molar-refractivity contribution is 0.630. The molecule has 0 aliphatic carbocycles. The molecule has 2 aromatic rings. The number of rotatable bonds is 2. The first-order valence-electron chi connectivity index (χ1n) is 4.20. The Labute approximate surface area is 85.2 Å². The van der Waals surface area contributed by atoms with Gasteiger partial charge in [-0.25, -0.2) is 9.37 Å². The van der Waals surface area contributed by atoms with Gasteiger partial charge in [0.25, 0.3) is 0 Å². The van der Waals surface area contributed by atoms with E-state index >= 15 is 0 Å². The molecule has 0 fully saturated rings. The number of nitrogens with zero attached hydrogens (tertiary/aromatic N) is 1. The van der Waals surface area contributed by atoms with Crippen LogP contribution in [0.25, 0.3) is 11.3 Å². The van der Waals surface area contributed by atoms with Gasteiger partial charge < -0.3 is 5.73 Å². The molecule has 1 aromatic heterocycles. The maximum atomic E-state index is 13.4. The van der Waals surface area contributed by atoms with E-state index < -0.39 is 0 Å². The van der Waals surface area contributed by atoms with Crippen LogP contribution in [0.1, 0.15) is 4.88 Å². The fraction of sp³-hybridized carbons (Fsp3) is 0.100. The van der Waals surface area contributed by atoms with E-state index in [9.17, 15) is 4.39 Å². The zero-order valence-corrected chi connectivity index (χ0v) is 8.22. The van der Waals surface area contributed by atoms with Crippen LogP contribution in [-0.4, -0.2) is 4.98 Å². The molecule has 0 saturated carbocycles. The summed E-state index contributed by atoms with van der Waals surface area (Å²) in [6.07, 6.45) is 0. The molecule has 0 spiro atoms. The largest absolute Gasteiger partial charge is 0.326 e. The lowest BCUT2D eigenvalue weighted by atomic mass is 10.1. The summed E-state index contributed by atoms with van der Waals surface area (Å²) < 4.78 is 13.4. The van der Waals surface area contributed by atoms with Crippen molar-refractivity contribution in [1.29, 1.82) is 0 Å². The highest BCUT2D eigenvalue weighted by molar-refractivity contribution is 7.10. The Morgan fingerprint density at radius 2 is 2.14 bits per heavy atom. The van der Waals surface area contributed by atoms with E-state index in [1.807, 2.05) is 0 Å². The summed E-state index contributed by atoms with van der Waals surface area (Å²) in [4.78, 5) is 5.03. The van der Waals surface area contributed by atoms with Crippen molar-refractivity contribution in [3.05, 3.63) is 40.5 Å². The fourth-order valence-corrected chi connectivity index (χ4v) is 1.94. The first kappa shape index (κ1) is 9.30. The van der Waals surface area contributed by atoms with Crippen molar-refractivity contribution < 1.29 is 4.39 Å². The quantitative estimate of drug-likeness (QED) is 0.823. The molecular formula is C10H9FN2S. The van der Waals surface area contributed by atoms with Crippen LogP contribution >= 0.6 is 11.3 Å². The lowest BCUT2D eigenvalue weighted by Gasteiger charge is -2.01. The Morgan fingerprint density at radius 3 is 2.86 bits per heavy atom. The molecule has 2 nitrogen and oxygen atoms in total. The average molecular weight is 208 g/mol. The second-order valence-corrected chi connectivity index (χ2v) is 3.75. The first-order valence-corrected chi connectivity index (χ1v) is 5.08. The van der Waals surface area contributed by atoms with Gasteiger partial charge in [0, 0.05) is 17.0 Å². The minimum absolute atomic E-state index is 0.256. The van der Waals surface area contributed by atoms with Crippen LogP contribution in [0, 0.1) is 5.82 Å². The second kappa shape index (κ2) is 3.86. The van der Waals surface area contributed by atoms with Crippen molar-refractivity contribution in [2.45, 2.75) is 6.54 Å². The molecule has 1 aromatic carbocycles. The van der Waals surface area contributed by atoms with Crippen LogP contribution in [0.4, 0.5) is 4.39 Å². The smallest absolute Gasteiger partial charge is 0.132 e. The Kier molecular flexibility index (Phi) is 2.56. The van der Waals surface area contributed by atoms with E-state index in [-0.39, 0.29) is 5.82 Å². The van der Waals surface area contributed by atoms with Crippen molar-refractivity contribution in [1.82, 2.24) is 4.98 Å². The molecule has 0 unspecified atom stereocenters. The Hall–Kier alpha value is -1.26. The third-order valence-electron chi connectivity index (χ3n) is 1.96. The van der Waals surface area contributed by atoms with Gasteiger partial charge in [0.05, 0.1) is 11.2 Å². The third-order valence-corrected chi connectivity index (χ3v) is 2.81. The number of benzene rings is 1. The highest BCUT2D eigenvalue weighted by Gasteiger charge is 2.10. The Balaban J connectivity index is 2.54. The minimum atomic E-state index is -0.256. The monoisotopic (exact) mass is 208 g/mol. The third kappa shape index (κ3) is 1.54. The van der Waals surface area contributed by atoms with Gasteiger partial charge in [0.15, 0.2) is 0 Å². The minimum Gasteiger partial charge on any atom is -0.326 e. The van der Waals surface area contributed by atoms with Gasteiger partial charge in [-0.15, -0.1) is 11.3 Å². The first-order chi connectivity index (χ1) is 6.83. The summed E-state index contributed by atoms with van der Waals surface area (Å²) >= 11 is 1.45. The molecule has 1 heterocycles. The molecule has 0 radical (unpaired) electrons. The zero-order chi connectivity index (χ0) is 9.97. The highest BCUT2D eigenvalue weighted by Crippen LogP contribution is 2.26. The number of thiazole rings is 1. The molecule has 4 heteroatoms. The Morgan fingerprint density at radius 1 is 1.36 bits per heavy atom. The number of halogens is 1. The molecule has 0 aliphatic rings. The average Bonchev–Trinajstić information content (AvgIpc) is 2.66. The molecule has 2 N–H and O–H groups in total. The van der Waals surface area contributed by atoms with Crippen LogP contribution in [0.3, 0.4) is 0 Å². The predicted octanol–water partition coefficient (Wildman–Crippen LogP) is 2.41. The Bertz CT molecular complexity index is 439. The van der Waals surface area contributed by atoms with Crippen LogP contribution < -0.4 is 5.73 Å². The predicted molar refractivity (Wildman–Crippen MR) is 55.4 cm³/mol. The number of aromatic nitrogens is 1. The van der Waals surface area contributed by atoms with E-state index in [0.717, 1.165) is 4.88 Å². The van der Waals surface area contributed by atoms with E-state index in [2.05, 4.69) is 4.98 Å². The molecule has 0 bridgehead atoms. The lowest BCUT2D eigenvalue weighted by Crippen LogP contribution is -1.96. The molecule has 0 atom stereocenters. The fourth-order valence-electron chi connectivity index (χ4n) is 1.29. The summed E-state index contributed by atoms with van der Waals surface area (Å²) in [5, 5.41) is 0. The summed E-state index contributed by atoms with van der Waals surface area (Å²) in [6.45, 7) is 0.397. The van der Waals surface area contributed by atoms with Crippen LogP contribution in [0.2, 0.25) is 0 Å². The molecule has 0 saturated heterocycles. The van der Waals surface area contributed by atoms with E-state index in [0.29, 0.717) is 17.8 Å². The standard InChI is InChI=1S/C10H9FN2S/c11-8-4-2-1-3-7(8)10-9(5-12)14-6-13-10/h1-4,6H,5,12H2. The van der Waals surface area contributed by atoms with Crippen LogP contribution in [-0.2, 0) is 6.54 Å². The van der Waals surface area contributed by atoms with Gasteiger partial charge >= 0.3 is 0 Å². The van der Waals surface area contributed by atoms with Gasteiger partial charge in [0.2, 0.25) is 0 Å². The van der Waals surface area contributed by atoms with Gasteiger partial charge in [-0.3, -0.25) is 0 Å². The SMILES string of the molecule is NCc1scnc1-c1ccccc1F.